The molecule has 1 amide bonds. The Labute approximate surface area is 125 Å². The van der Waals surface area contributed by atoms with E-state index in [2.05, 4.69) is 26.2 Å². The van der Waals surface area contributed by atoms with Gasteiger partial charge in [-0.15, -0.1) is 0 Å². The van der Waals surface area contributed by atoms with Crippen molar-refractivity contribution in [3.05, 3.63) is 52.6 Å². The Hall–Kier alpha value is -2.08. The average Bonchev–Trinajstić information content (AvgIpc) is 2.46. The summed E-state index contributed by atoms with van der Waals surface area (Å²) < 4.78 is 10.8. The first-order valence-electron chi connectivity index (χ1n) is 5.86. The second-order valence-electron chi connectivity index (χ2n) is 3.90. The highest BCUT2D eigenvalue weighted by Gasteiger charge is 2.07. The predicted octanol–water partition coefficient (Wildman–Crippen LogP) is 3.60. The van der Waals surface area contributed by atoms with Gasteiger partial charge >= 0.3 is 6.09 Å². The topological polar surface area (TPSA) is 60.5 Å². The Balaban J connectivity index is 1.90. The summed E-state index contributed by atoms with van der Waals surface area (Å²) in [6, 6.07) is 11.2. The lowest BCUT2D eigenvalue weighted by Crippen LogP contribution is -2.13. The van der Waals surface area contributed by atoms with Gasteiger partial charge in [0, 0.05) is 0 Å². The Kier molecular flexibility index (Phi) is 4.95. The second kappa shape index (κ2) is 6.91. The molecule has 0 atom stereocenters. The summed E-state index contributed by atoms with van der Waals surface area (Å²) in [4.78, 5) is 15.7. The van der Waals surface area contributed by atoms with Crippen LogP contribution in [-0.2, 0) is 11.3 Å². The van der Waals surface area contributed by atoms with Crippen LogP contribution in [0.2, 0.25) is 0 Å². The first kappa shape index (κ1) is 14.3. The van der Waals surface area contributed by atoms with Gasteiger partial charge in [0.25, 0.3) is 0 Å². The maximum atomic E-state index is 11.6. The van der Waals surface area contributed by atoms with Crippen LogP contribution in [-0.4, -0.2) is 18.2 Å². The van der Waals surface area contributed by atoms with Gasteiger partial charge in [-0.1, -0.05) is 30.3 Å². The summed E-state index contributed by atoms with van der Waals surface area (Å²) in [5, 5.41) is 2.60. The fourth-order valence-electron chi connectivity index (χ4n) is 1.52. The second-order valence-corrected chi connectivity index (χ2v) is 4.76. The van der Waals surface area contributed by atoms with Crippen molar-refractivity contribution in [2.75, 3.05) is 12.4 Å². The number of carbonyl (C=O) groups is 1. The first-order valence-corrected chi connectivity index (χ1v) is 6.65. The molecule has 0 aliphatic heterocycles. The number of nitrogens with zero attached hydrogens (tertiary/aromatic N) is 1. The van der Waals surface area contributed by atoms with Crippen molar-refractivity contribution in [3.63, 3.8) is 0 Å². The Bertz CT molecular complexity index is 590. The Morgan fingerprint density at radius 1 is 1.35 bits per heavy atom. The molecule has 1 heterocycles. The molecule has 1 N–H and O–H groups in total. The van der Waals surface area contributed by atoms with Crippen LogP contribution in [0.25, 0.3) is 0 Å². The van der Waals surface area contributed by atoms with E-state index in [4.69, 9.17) is 9.47 Å². The van der Waals surface area contributed by atoms with Crippen molar-refractivity contribution in [3.8, 4) is 5.88 Å². The number of hydrogen-bond acceptors (Lipinski definition) is 4. The van der Waals surface area contributed by atoms with E-state index in [1.165, 1.54) is 13.3 Å². The highest BCUT2D eigenvalue weighted by molar-refractivity contribution is 9.10. The average molecular weight is 337 g/mol. The molecular weight excluding hydrogens is 324 g/mol. The van der Waals surface area contributed by atoms with Gasteiger partial charge < -0.3 is 9.47 Å². The molecule has 0 unspecified atom stereocenters. The number of carbonyl (C=O) groups excluding carboxylic acids is 1. The Morgan fingerprint density at radius 3 is 2.75 bits per heavy atom. The van der Waals surface area contributed by atoms with E-state index in [0.29, 0.717) is 16.0 Å². The van der Waals surface area contributed by atoms with Gasteiger partial charge in [0.05, 0.1) is 23.5 Å². The van der Waals surface area contributed by atoms with Crippen molar-refractivity contribution < 1.29 is 14.3 Å². The predicted molar refractivity (Wildman–Crippen MR) is 78.7 cm³/mol. The number of amides is 1. The summed E-state index contributed by atoms with van der Waals surface area (Å²) in [6.45, 7) is 0.220. The summed E-state index contributed by atoms with van der Waals surface area (Å²) in [5.41, 5.74) is 1.45. The molecule has 0 aliphatic carbocycles. The maximum absolute atomic E-state index is 11.6. The van der Waals surface area contributed by atoms with Gasteiger partial charge in [0.15, 0.2) is 0 Å². The molecule has 6 heteroatoms. The molecule has 0 spiro atoms. The zero-order valence-corrected chi connectivity index (χ0v) is 12.4. The van der Waals surface area contributed by atoms with E-state index >= 15 is 0 Å². The van der Waals surface area contributed by atoms with E-state index in [9.17, 15) is 4.79 Å². The lowest BCUT2D eigenvalue weighted by Gasteiger charge is -2.08. The fraction of sp³-hybridized carbons (Fsp3) is 0.143. The highest BCUT2D eigenvalue weighted by Crippen LogP contribution is 2.24. The van der Waals surface area contributed by atoms with Crippen LogP contribution in [0.1, 0.15) is 5.56 Å². The lowest BCUT2D eigenvalue weighted by molar-refractivity contribution is 0.155. The molecule has 0 radical (unpaired) electrons. The first-order chi connectivity index (χ1) is 9.69. The van der Waals surface area contributed by atoms with Crippen LogP contribution in [0.3, 0.4) is 0 Å². The molecule has 0 fully saturated rings. The summed E-state index contributed by atoms with van der Waals surface area (Å²) >= 11 is 3.29. The summed E-state index contributed by atoms with van der Waals surface area (Å²) in [7, 11) is 1.52. The molecule has 5 nitrogen and oxygen atoms in total. The van der Waals surface area contributed by atoms with Crippen LogP contribution < -0.4 is 10.1 Å². The minimum Gasteiger partial charge on any atom is -0.480 e. The van der Waals surface area contributed by atoms with E-state index in [1.54, 1.807) is 6.07 Å². The number of nitrogens with one attached hydrogen (secondary N) is 1. The third-order valence-electron chi connectivity index (χ3n) is 2.46. The lowest BCUT2D eigenvalue weighted by atomic mass is 10.2. The fourth-order valence-corrected chi connectivity index (χ4v) is 2.03. The SMILES string of the molecule is COc1ncc(NC(=O)OCc2ccccc2)cc1Br. The molecule has 0 saturated carbocycles. The molecule has 0 saturated heterocycles. The van der Waals surface area contributed by atoms with Gasteiger partial charge in [-0.3, -0.25) is 5.32 Å². The van der Waals surface area contributed by atoms with Crippen molar-refractivity contribution in [2.24, 2.45) is 0 Å². The normalized spacial score (nSPS) is 9.90. The van der Waals surface area contributed by atoms with Crippen LogP contribution in [0.4, 0.5) is 10.5 Å². The van der Waals surface area contributed by atoms with Crippen LogP contribution in [0.15, 0.2) is 47.1 Å². The third-order valence-corrected chi connectivity index (χ3v) is 3.03. The number of rotatable bonds is 4. The molecular formula is C14H13BrN2O3. The number of methoxy groups -OCH3 is 1. The van der Waals surface area contributed by atoms with E-state index in [1.807, 2.05) is 30.3 Å². The monoisotopic (exact) mass is 336 g/mol. The molecule has 2 aromatic rings. The van der Waals surface area contributed by atoms with E-state index in [0.717, 1.165) is 5.56 Å². The zero-order chi connectivity index (χ0) is 14.4. The third kappa shape index (κ3) is 3.96. The molecule has 1 aromatic carbocycles. The number of pyridine rings is 1. The van der Waals surface area contributed by atoms with Gasteiger partial charge in [0.2, 0.25) is 5.88 Å². The molecule has 0 bridgehead atoms. The number of benzene rings is 1. The highest BCUT2D eigenvalue weighted by atomic mass is 79.9. The zero-order valence-electron chi connectivity index (χ0n) is 10.8. The minimum absolute atomic E-state index is 0.220. The number of halogens is 1. The molecule has 2 rings (SSSR count). The maximum Gasteiger partial charge on any atom is 0.412 e. The molecule has 20 heavy (non-hydrogen) atoms. The van der Waals surface area contributed by atoms with Crippen molar-refractivity contribution in [2.45, 2.75) is 6.61 Å². The van der Waals surface area contributed by atoms with Crippen molar-refractivity contribution in [1.82, 2.24) is 4.98 Å². The van der Waals surface area contributed by atoms with Crippen molar-refractivity contribution in [1.29, 1.82) is 0 Å². The quantitative estimate of drug-likeness (QED) is 0.926. The van der Waals surface area contributed by atoms with E-state index < -0.39 is 6.09 Å². The number of aromatic nitrogens is 1. The van der Waals surface area contributed by atoms with Crippen molar-refractivity contribution >= 4 is 27.7 Å². The van der Waals surface area contributed by atoms with Crippen LogP contribution in [0, 0.1) is 0 Å². The number of anilines is 1. The smallest absolute Gasteiger partial charge is 0.412 e. The van der Waals surface area contributed by atoms with E-state index in [-0.39, 0.29) is 6.61 Å². The summed E-state index contributed by atoms with van der Waals surface area (Å²) in [6.07, 6.45) is 0.959. The summed E-state index contributed by atoms with van der Waals surface area (Å²) in [5.74, 6) is 0.452. The van der Waals surface area contributed by atoms with Gasteiger partial charge in [-0.05, 0) is 27.6 Å². The van der Waals surface area contributed by atoms with Crippen LogP contribution >= 0.6 is 15.9 Å². The van der Waals surface area contributed by atoms with Gasteiger partial charge in [-0.25, -0.2) is 9.78 Å². The Morgan fingerprint density at radius 2 is 2.10 bits per heavy atom. The molecule has 0 aliphatic rings. The number of hydrogen-bond donors (Lipinski definition) is 1. The van der Waals surface area contributed by atoms with Gasteiger partial charge in [-0.2, -0.15) is 0 Å². The number of ether oxygens (including phenoxy) is 2. The van der Waals surface area contributed by atoms with Crippen LogP contribution in [0.5, 0.6) is 5.88 Å². The standard InChI is InChI=1S/C14H13BrN2O3/c1-19-13-12(15)7-11(8-16-13)17-14(18)20-9-10-5-3-2-4-6-10/h2-8H,9H2,1H3,(H,17,18). The largest absolute Gasteiger partial charge is 0.480 e. The molecule has 1 aromatic heterocycles. The van der Waals surface area contributed by atoms with Gasteiger partial charge in [0.1, 0.15) is 6.61 Å². The molecule has 104 valence electrons. The minimum atomic E-state index is -0.535.